The van der Waals surface area contributed by atoms with Crippen LogP contribution in [0.15, 0.2) is 64.3 Å². The Labute approximate surface area is 154 Å². The second-order valence-electron chi connectivity index (χ2n) is 5.68. The van der Waals surface area contributed by atoms with Crippen molar-refractivity contribution in [2.45, 2.75) is 6.54 Å². The summed E-state index contributed by atoms with van der Waals surface area (Å²) in [6, 6.07) is 13.4. The molecule has 0 saturated heterocycles. The predicted molar refractivity (Wildman–Crippen MR) is 99.9 cm³/mol. The Bertz CT molecular complexity index is 1050. The molecule has 27 heavy (non-hydrogen) atoms. The smallest absolute Gasteiger partial charge is 0.266 e. The Morgan fingerprint density at radius 2 is 1.93 bits per heavy atom. The lowest BCUT2D eigenvalue weighted by Crippen LogP contribution is -2.34. The van der Waals surface area contributed by atoms with Gasteiger partial charge in [-0.3, -0.25) is 14.4 Å². The lowest BCUT2D eigenvalue weighted by molar-refractivity contribution is 0.0950. The molecule has 138 valence electrons. The molecule has 0 fully saturated rings. The monoisotopic (exact) mass is 366 g/mol. The first kappa shape index (κ1) is 18.1. The number of benzene rings is 1. The maximum absolute atomic E-state index is 12.0. The molecule has 8 nitrogen and oxygen atoms in total. The van der Waals surface area contributed by atoms with E-state index >= 15 is 0 Å². The SMILES string of the molecule is COc1ccc(-c2ccc(=O)n(CCNC(=O)c3ccc[nH]c3=O)n2)cc1. The minimum Gasteiger partial charge on any atom is -0.497 e. The molecule has 0 aliphatic rings. The zero-order chi connectivity index (χ0) is 19.2. The third-order valence-corrected chi connectivity index (χ3v) is 3.92. The van der Waals surface area contributed by atoms with Crippen LogP contribution in [0.5, 0.6) is 5.75 Å². The summed E-state index contributed by atoms with van der Waals surface area (Å²) >= 11 is 0. The first-order valence-electron chi connectivity index (χ1n) is 8.27. The second kappa shape index (κ2) is 8.13. The van der Waals surface area contributed by atoms with Gasteiger partial charge in [-0.05, 0) is 42.5 Å². The van der Waals surface area contributed by atoms with E-state index in [2.05, 4.69) is 15.4 Å². The molecule has 1 aromatic carbocycles. The van der Waals surface area contributed by atoms with Gasteiger partial charge in [-0.1, -0.05) is 0 Å². The summed E-state index contributed by atoms with van der Waals surface area (Å²) in [6.45, 7) is 0.339. The summed E-state index contributed by atoms with van der Waals surface area (Å²) in [7, 11) is 1.59. The van der Waals surface area contributed by atoms with E-state index < -0.39 is 11.5 Å². The van der Waals surface area contributed by atoms with E-state index in [9.17, 15) is 14.4 Å². The first-order chi connectivity index (χ1) is 13.1. The highest BCUT2D eigenvalue weighted by Crippen LogP contribution is 2.19. The van der Waals surface area contributed by atoms with Crippen molar-refractivity contribution in [3.05, 3.63) is 81.0 Å². The molecule has 0 spiro atoms. The molecule has 0 aliphatic heterocycles. The summed E-state index contributed by atoms with van der Waals surface area (Å²) in [6.07, 6.45) is 1.45. The molecule has 3 rings (SSSR count). The fourth-order valence-electron chi connectivity index (χ4n) is 2.50. The van der Waals surface area contributed by atoms with Crippen LogP contribution in [0, 0.1) is 0 Å². The van der Waals surface area contributed by atoms with E-state index in [1.807, 2.05) is 24.3 Å². The fraction of sp³-hybridized carbons (Fsp3) is 0.158. The third kappa shape index (κ3) is 4.30. The zero-order valence-corrected chi connectivity index (χ0v) is 14.6. The van der Waals surface area contributed by atoms with Crippen LogP contribution in [0.2, 0.25) is 0 Å². The molecule has 0 bridgehead atoms. The van der Waals surface area contributed by atoms with Gasteiger partial charge in [-0.2, -0.15) is 5.10 Å². The number of hydrogen-bond acceptors (Lipinski definition) is 5. The van der Waals surface area contributed by atoms with Crippen molar-refractivity contribution in [1.29, 1.82) is 0 Å². The molecule has 0 atom stereocenters. The van der Waals surface area contributed by atoms with Gasteiger partial charge in [-0.25, -0.2) is 4.68 Å². The molecule has 2 heterocycles. The van der Waals surface area contributed by atoms with Crippen LogP contribution in [0.1, 0.15) is 10.4 Å². The highest BCUT2D eigenvalue weighted by molar-refractivity contribution is 5.93. The average Bonchev–Trinajstić information content (AvgIpc) is 2.69. The highest BCUT2D eigenvalue weighted by Gasteiger charge is 2.09. The van der Waals surface area contributed by atoms with Crippen LogP contribution in [-0.2, 0) is 6.54 Å². The number of carbonyl (C=O) groups excluding carboxylic acids is 1. The first-order valence-corrected chi connectivity index (χ1v) is 8.27. The van der Waals surface area contributed by atoms with Crippen LogP contribution in [-0.4, -0.2) is 34.3 Å². The van der Waals surface area contributed by atoms with E-state index in [1.165, 1.54) is 23.0 Å². The molecule has 1 amide bonds. The van der Waals surface area contributed by atoms with E-state index in [0.717, 1.165) is 11.3 Å². The number of nitrogens with zero attached hydrogens (tertiary/aromatic N) is 2. The number of pyridine rings is 1. The summed E-state index contributed by atoms with van der Waals surface area (Å²) in [5.74, 6) is 0.224. The Morgan fingerprint density at radius 1 is 1.15 bits per heavy atom. The summed E-state index contributed by atoms with van der Waals surface area (Å²) < 4.78 is 6.40. The van der Waals surface area contributed by atoms with Crippen molar-refractivity contribution in [2.24, 2.45) is 0 Å². The average molecular weight is 366 g/mol. The number of methoxy groups -OCH3 is 1. The maximum Gasteiger partial charge on any atom is 0.266 e. The van der Waals surface area contributed by atoms with Crippen molar-refractivity contribution in [3.8, 4) is 17.0 Å². The van der Waals surface area contributed by atoms with Gasteiger partial charge in [-0.15, -0.1) is 0 Å². The maximum atomic E-state index is 12.0. The number of aromatic nitrogens is 3. The van der Waals surface area contributed by atoms with Gasteiger partial charge < -0.3 is 15.0 Å². The largest absolute Gasteiger partial charge is 0.497 e. The number of amides is 1. The van der Waals surface area contributed by atoms with Gasteiger partial charge in [0.15, 0.2) is 0 Å². The topological polar surface area (TPSA) is 106 Å². The van der Waals surface area contributed by atoms with Crippen LogP contribution in [0.4, 0.5) is 0 Å². The number of rotatable bonds is 6. The Hall–Kier alpha value is -3.68. The van der Waals surface area contributed by atoms with Crippen LogP contribution < -0.4 is 21.2 Å². The summed E-state index contributed by atoms with van der Waals surface area (Å²) in [5.41, 5.74) is 0.739. The van der Waals surface area contributed by atoms with Gasteiger partial charge in [0.1, 0.15) is 11.3 Å². The molecule has 0 radical (unpaired) electrons. The standard InChI is InChI=1S/C19H18N4O4/c1-27-14-6-4-13(5-7-14)16-8-9-17(24)23(22-16)12-11-21-19(26)15-3-2-10-20-18(15)25/h2-10H,11-12H2,1H3,(H,20,25)(H,21,26). The normalized spacial score (nSPS) is 10.4. The van der Waals surface area contributed by atoms with Crippen molar-refractivity contribution >= 4 is 5.91 Å². The second-order valence-corrected chi connectivity index (χ2v) is 5.68. The number of nitrogens with one attached hydrogen (secondary N) is 2. The van der Waals surface area contributed by atoms with Crippen molar-refractivity contribution in [3.63, 3.8) is 0 Å². The number of aromatic amines is 1. The number of H-pyrrole nitrogens is 1. The van der Waals surface area contributed by atoms with Gasteiger partial charge >= 0.3 is 0 Å². The predicted octanol–water partition coefficient (Wildman–Crippen LogP) is 1.04. The molecule has 0 unspecified atom stereocenters. The molecule has 2 aromatic heterocycles. The van der Waals surface area contributed by atoms with Crippen LogP contribution in [0.3, 0.4) is 0 Å². The van der Waals surface area contributed by atoms with Crippen LogP contribution in [0.25, 0.3) is 11.3 Å². The lowest BCUT2D eigenvalue weighted by atomic mass is 10.1. The molecule has 2 N–H and O–H groups in total. The van der Waals surface area contributed by atoms with Crippen molar-refractivity contribution < 1.29 is 9.53 Å². The van der Waals surface area contributed by atoms with Gasteiger partial charge in [0.05, 0.1) is 19.3 Å². The molecular weight excluding hydrogens is 348 g/mol. The van der Waals surface area contributed by atoms with Crippen LogP contribution >= 0.6 is 0 Å². The number of ether oxygens (including phenoxy) is 1. The summed E-state index contributed by atoms with van der Waals surface area (Å²) in [4.78, 5) is 38.1. The number of hydrogen-bond donors (Lipinski definition) is 2. The zero-order valence-electron chi connectivity index (χ0n) is 14.6. The van der Waals surface area contributed by atoms with Crippen molar-refractivity contribution in [1.82, 2.24) is 20.1 Å². The van der Waals surface area contributed by atoms with Gasteiger partial charge in [0.2, 0.25) is 0 Å². The molecule has 0 saturated carbocycles. The minimum absolute atomic E-state index is 0.0183. The lowest BCUT2D eigenvalue weighted by Gasteiger charge is -2.09. The van der Waals surface area contributed by atoms with E-state index in [-0.39, 0.29) is 24.2 Å². The quantitative estimate of drug-likeness (QED) is 0.678. The third-order valence-electron chi connectivity index (χ3n) is 3.92. The molecule has 3 aromatic rings. The molecule has 0 aliphatic carbocycles. The van der Waals surface area contributed by atoms with Gasteiger partial charge in [0.25, 0.3) is 17.0 Å². The Kier molecular flexibility index (Phi) is 5.46. The fourth-order valence-corrected chi connectivity index (χ4v) is 2.50. The highest BCUT2D eigenvalue weighted by atomic mass is 16.5. The molecule has 8 heteroatoms. The number of carbonyl (C=O) groups is 1. The van der Waals surface area contributed by atoms with E-state index in [1.54, 1.807) is 19.2 Å². The Balaban J connectivity index is 1.69. The minimum atomic E-state index is -0.504. The van der Waals surface area contributed by atoms with Crippen molar-refractivity contribution in [2.75, 3.05) is 13.7 Å². The summed E-state index contributed by atoms with van der Waals surface area (Å²) in [5, 5.41) is 6.94. The van der Waals surface area contributed by atoms with E-state index in [0.29, 0.717) is 5.69 Å². The van der Waals surface area contributed by atoms with E-state index in [4.69, 9.17) is 4.74 Å². The Morgan fingerprint density at radius 3 is 2.63 bits per heavy atom. The molecular formula is C19H18N4O4. The van der Waals surface area contributed by atoms with Gasteiger partial charge in [0, 0.05) is 24.4 Å².